The quantitative estimate of drug-likeness (QED) is 0.889. The second kappa shape index (κ2) is 6.52. The van der Waals surface area contributed by atoms with Crippen LogP contribution >= 0.6 is 0 Å². The number of amides is 1. The molecule has 1 N–H and O–H groups in total. The molecule has 1 saturated heterocycles. The molecule has 108 valence electrons. The highest BCUT2D eigenvalue weighted by Gasteiger charge is 2.34. The van der Waals surface area contributed by atoms with Crippen LogP contribution in [0.5, 0.6) is 0 Å². The first kappa shape index (κ1) is 14.5. The van der Waals surface area contributed by atoms with Crippen LogP contribution in [0, 0.1) is 5.92 Å². The number of carboxylic acids is 1. The number of rotatable bonds is 5. The van der Waals surface area contributed by atoms with Crippen LogP contribution in [0.4, 0.5) is 0 Å². The predicted molar refractivity (Wildman–Crippen MR) is 73.1 cm³/mol. The molecule has 1 aromatic carbocycles. The molecule has 1 fully saturated rings. The van der Waals surface area contributed by atoms with Gasteiger partial charge in [-0.25, -0.2) is 0 Å². The zero-order chi connectivity index (χ0) is 14.5. The molecule has 5 nitrogen and oxygen atoms in total. The first-order chi connectivity index (χ1) is 9.63. The van der Waals surface area contributed by atoms with E-state index in [1.165, 1.54) is 0 Å². The summed E-state index contributed by atoms with van der Waals surface area (Å²) in [4.78, 5) is 25.1. The van der Waals surface area contributed by atoms with Crippen LogP contribution < -0.4 is 0 Å². The van der Waals surface area contributed by atoms with Crippen LogP contribution in [0.25, 0.3) is 0 Å². The molecule has 1 heterocycles. The van der Waals surface area contributed by atoms with Gasteiger partial charge in [-0.3, -0.25) is 9.59 Å². The Labute approximate surface area is 118 Å². The van der Waals surface area contributed by atoms with Crippen molar-refractivity contribution in [3.05, 3.63) is 35.9 Å². The Morgan fingerprint density at radius 2 is 2.10 bits per heavy atom. The molecule has 0 aromatic heterocycles. The van der Waals surface area contributed by atoms with Crippen LogP contribution in [0.1, 0.15) is 25.0 Å². The zero-order valence-electron chi connectivity index (χ0n) is 11.5. The van der Waals surface area contributed by atoms with E-state index >= 15 is 0 Å². The number of hydrogen-bond donors (Lipinski definition) is 1. The van der Waals surface area contributed by atoms with Crippen molar-refractivity contribution in [3.8, 4) is 0 Å². The number of benzene rings is 1. The van der Waals surface area contributed by atoms with Gasteiger partial charge in [-0.15, -0.1) is 0 Å². The number of carbonyl (C=O) groups excluding carboxylic acids is 1. The van der Waals surface area contributed by atoms with Crippen LogP contribution in [-0.2, 0) is 14.3 Å². The van der Waals surface area contributed by atoms with Gasteiger partial charge in [-0.05, 0) is 18.9 Å². The highest BCUT2D eigenvalue weighted by Crippen LogP contribution is 2.24. The molecule has 1 aromatic rings. The van der Waals surface area contributed by atoms with Crippen LogP contribution in [-0.4, -0.2) is 41.6 Å². The van der Waals surface area contributed by atoms with Gasteiger partial charge in [-0.2, -0.15) is 0 Å². The topological polar surface area (TPSA) is 66.8 Å². The van der Waals surface area contributed by atoms with Crippen molar-refractivity contribution in [1.82, 2.24) is 4.90 Å². The second-order valence-corrected chi connectivity index (χ2v) is 4.85. The van der Waals surface area contributed by atoms with E-state index in [-0.39, 0.29) is 12.5 Å². The summed E-state index contributed by atoms with van der Waals surface area (Å²) in [6.07, 6.45) is -0.136. The molecule has 2 unspecified atom stereocenters. The maximum absolute atomic E-state index is 12.5. The van der Waals surface area contributed by atoms with Crippen molar-refractivity contribution in [2.75, 3.05) is 19.7 Å². The zero-order valence-corrected chi connectivity index (χ0v) is 11.5. The Morgan fingerprint density at radius 3 is 2.65 bits per heavy atom. The SMILES string of the molecule is CCOC(C(=O)N1CCC(C(=O)O)C1)c1ccccc1. The molecule has 1 aliphatic heterocycles. The standard InChI is InChI=1S/C15H19NO4/c1-2-20-13(11-6-4-3-5-7-11)14(17)16-9-8-12(10-16)15(18)19/h3-7,12-13H,2,8-10H2,1H3,(H,18,19). The number of nitrogens with zero attached hydrogens (tertiary/aromatic N) is 1. The smallest absolute Gasteiger partial charge is 0.308 e. The lowest BCUT2D eigenvalue weighted by atomic mass is 10.1. The average molecular weight is 277 g/mol. The van der Waals surface area contributed by atoms with E-state index < -0.39 is 18.0 Å². The Hall–Kier alpha value is -1.88. The minimum Gasteiger partial charge on any atom is -0.481 e. The number of ether oxygens (including phenoxy) is 1. The fraction of sp³-hybridized carbons (Fsp3) is 0.467. The molecule has 5 heteroatoms. The summed E-state index contributed by atoms with van der Waals surface area (Å²) in [6, 6.07) is 9.30. The molecule has 0 radical (unpaired) electrons. The van der Waals surface area contributed by atoms with E-state index in [4.69, 9.17) is 9.84 Å². The van der Waals surface area contributed by atoms with Gasteiger partial charge < -0.3 is 14.7 Å². The Balaban J connectivity index is 2.10. The van der Waals surface area contributed by atoms with Crippen molar-refractivity contribution in [2.24, 2.45) is 5.92 Å². The third-order valence-corrected chi connectivity index (χ3v) is 3.51. The van der Waals surface area contributed by atoms with E-state index in [1.54, 1.807) is 4.90 Å². The molecule has 0 saturated carbocycles. The summed E-state index contributed by atoms with van der Waals surface area (Å²) < 4.78 is 5.56. The van der Waals surface area contributed by atoms with Gasteiger partial charge in [0.25, 0.3) is 5.91 Å². The van der Waals surface area contributed by atoms with E-state index in [2.05, 4.69) is 0 Å². The van der Waals surface area contributed by atoms with Crippen LogP contribution in [0.15, 0.2) is 30.3 Å². The number of carbonyl (C=O) groups is 2. The summed E-state index contributed by atoms with van der Waals surface area (Å²) in [5.74, 6) is -1.45. The van der Waals surface area contributed by atoms with Gasteiger partial charge in [0.15, 0.2) is 6.10 Å². The van der Waals surface area contributed by atoms with E-state index in [9.17, 15) is 9.59 Å². The van der Waals surface area contributed by atoms with Gasteiger partial charge in [0.2, 0.25) is 0 Å². The number of carboxylic acid groups (broad SMARTS) is 1. The van der Waals surface area contributed by atoms with Crippen molar-refractivity contribution in [3.63, 3.8) is 0 Å². The third kappa shape index (κ3) is 3.17. The van der Waals surface area contributed by atoms with Crippen molar-refractivity contribution in [1.29, 1.82) is 0 Å². The predicted octanol–water partition coefficient (Wildman–Crippen LogP) is 1.70. The summed E-state index contributed by atoms with van der Waals surface area (Å²) in [5.41, 5.74) is 0.804. The van der Waals surface area contributed by atoms with E-state index in [0.29, 0.717) is 19.6 Å². The third-order valence-electron chi connectivity index (χ3n) is 3.51. The molecule has 0 spiro atoms. The molecule has 20 heavy (non-hydrogen) atoms. The second-order valence-electron chi connectivity index (χ2n) is 4.85. The van der Waals surface area contributed by atoms with Gasteiger partial charge in [-0.1, -0.05) is 30.3 Å². The number of likely N-dealkylation sites (tertiary alicyclic amines) is 1. The Bertz CT molecular complexity index is 474. The number of aliphatic carboxylic acids is 1. The van der Waals surface area contributed by atoms with Gasteiger partial charge >= 0.3 is 5.97 Å². The first-order valence-corrected chi connectivity index (χ1v) is 6.81. The maximum atomic E-state index is 12.5. The molecule has 1 amide bonds. The van der Waals surface area contributed by atoms with Crippen LogP contribution in [0.2, 0.25) is 0 Å². The lowest BCUT2D eigenvalue weighted by Crippen LogP contribution is -2.35. The normalized spacial score (nSPS) is 19.9. The first-order valence-electron chi connectivity index (χ1n) is 6.81. The Kier molecular flexibility index (Phi) is 4.74. The number of hydrogen-bond acceptors (Lipinski definition) is 3. The van der Waals surface area contributed by atoms with Gasteiger partial charge in [0.05, 0.1) is 5.92 Å². The maximum Gasteiger partial charge on any atom is 0.308 e. The molecule has 0 bridgehead atoms. The molecule has 2 rings (SSSR count). The Morgan fingerprint density at radius 1 is 1.40 bits per heavy atom. The summed E-state index contributed by atoms with van der Waals surface area (Å²) in [6.45, 7) is 3.02. The lowest BCUT2D eigenvalue weighted by Gasteiger charge is -2.23. The summed E-state index contributed by atoms with van der Waals surface area (Å²) >= 11 is 0. The highest BCUT2D eigenvalue weighted by atomic mass is 16.5. The minimum atomic E-state index is -0.840. The van der Waals surface area contributed by atoms with Gasteiger partial charge in [0, 0.05) is 19.7 Å². The molecule has 1 aliphatic rings. The fourth-order valence-corrected chi connectivity index (χ4v) is 2.43. The van der Waals surface area contributed by atoms with Crippen molar-refractivity contribution >= 4 is 11.9 Å². The molecular formula is C15H19NO4. The van der Waals surface area contributed by atoms with Crippen molar-refractivity contribution in [2.45, 2.75) is 19.4 Å². The average Bonchev–Trinajstić information content (AvgIpc) is 2.95. The monoisotopic (exact) mass is 277 g/mol. The summed E-state index contributed by atoms with van der Waals surface area (Å²) in [5, 5.41) is 9.00. The van der Waals surface area contributed by atoms with Gasteiger partial charge in [0.1, 0.15) is 0 Å². The molecule has 0 aliphatic carbocycles. The van der Waals surface area contributed by atoms with Crippen LogP contribution in [0.3, 0.4) is 0 Å². The molecule has 2 atom stereocenters. The van der Waals surface area contributed by atoms with E-state index in [0.717, 1.165) is 5.56 Å². The fourth-order valence-electron chi connectivity index (χ4n) is 2.43. The largest absolute Gasteiger partial charge is 0.481 e. The molecular weight excluding hydrogens is 258 g/mol. The lowest BCUT2D eigenvalue weighted by molar-refractivity contribution is -0.144. The van der Waals surface area contributed by atoms with Crippen molar-refractivity contribution < 1.29 is 19.4 Å². The minimum absolute atomic E-state index is 0.151. The van der Waals surface area contributed by atoms with E-state index in [1.807, 2.05) is 37.3 Å². The summed E-state index contributed by atoms with van der Waals surface area (Å²) in [7, 11) is 0. The highest BCUT2D eigenvalue weighted by molar-refractivity contribution is 5.83.